The predicted molar refractivity (Wildman–Crippen MR) is 145 cm³/mol. The molecule has 4 rings (SSSR count). The van der Waals surface area contributed by atoms with Crippen molar-refractivity contribution in [2.45, 2.75) is 37.7 Å². The lowest BCUT2D eigenvalue weighted by molar-refractivity contribution is -0.117. The van der Waals surface area contributed by atoms with Gasteiger partial charge in [0, 0.05) is 43.6 Å². The second-order valence-corrected chi connectivity index (χ2v) is 10.8. The number of benzene rings is 2. The van der Waals surface area contributed by atoms with E-state index in [9.17, 15) is 18.5 Å². The molecule has 38 heavy (non-hydrogen) atoms. The van der Waals surface area contributed by atoms with Crippen LogP contribution in [0.25, 0.3) is 23.0 Å². The van der Waals surface area contributed by atoms with E-state index >= 15 is 0 Å². The van der Waals surface area contributed by atoms with Crippen LogP contribution in [0, 0.1) is 11.3 Å². The molecule has 0 aliphatic carbocycles. The van der Waals surface area contributed by atoms with Crippen LogP contribution < -0.4 is 5.32 Å². The minimum Gasteiger partial charge on any atom is -0.376 e. The summed E-state index contributed by atoms with van der Waals surface area (Å²) in [6.45, 7) is 5.30. The summed E-state index contributed by atoms with van der Waals surface area (Å²) >= 11 is 0. The number of amides is 1. The van der Waals surface area contributed by atoms with Crippen molar-refractivity contribution in [1.29, 1.82) is 5.26 Å². The first-order valence-corrected chi connectivity index (χ1v) is 14.1. The zero-order valence-electron chi connectivity index (χ0n) is 21.5. The topological polar surface area (TPSA) is 117 Å². The molecular formula is C28H31N5O4S. The van der Waals surface area contributed by atoms with Crippen LogP contribution in [-0.2, 0) is 19.6 Å². The Kier molecular flexibility index (Phi) is 8.73. The van der Waals surface area contributed by atoms with Gasteiger partial charge in [0.2, 0.25) is 10.0 Å². The number of sulfonamides is 1. The van der Waals surface area contributed by atoms with E-state index in [4.69, 9.17) is 9.84 Å². The molecule has 1 saturated heterocycles. The van der Waals surface area contributed by atoms with Crippen LogP contribution in [0.3, 0.4) is 0 Å². The number of rotatable bonds is 10. The van der Waals surface area contributed by atoms with Crippen molar-refractivity contribution in [3.05, 3.63) is 71.9 Å². The minimum atomic E-state index is -3.69. The first-order valence-electron chi connectivity index (χ1n) is 12.6. The number of nitriles is 1. The van der Waals surface area contributed by atoms with Gasteiger partial charge >= 0.3 is 0 Å². The van der Waals surface area contributed by atoms with Gasteiger partial charge in [0.15, 0.2) is 0 Å². The van der Waals surface area contributed by atoms with E-state index in [-0.39, 0.29) is 16.6 Å². The molecule has 1 amide bonds. The zero-order chi connectivity index (χ0) is 27.1. The molecule has 0 bridgehead atoms. The zero-order valence-corrected chi connectivity index (χ0v) is 22.3. The standard InChI is InChI=1S/C28H31N5O4S/c1-3-32(4-2)38(35,36)26-14-8-10-21(17-26)27-23(20-33(31-27)24-11-6-5-7-12-24)16-22(18-29)28(34)30-19-25-13-9-15-37-25/h5-8,10-12,14,16-17,20,25H,3-4,9,13,15,19H2,1-2H3,(H,30,34)/b22-16+. The summed E-state index contributed by atoms with van der Waals surface area (Å²) in [4.78, 5) is 13.0. The van der Waals surface area contributed by atoms with Crippen molar-refractivity contribution in [2.75, 3.05) is 26.2 Å². The number of nitrogens with zero attached hydrogens (tertiary/aromatic N) is 4. The number of aromatic nitrogens is 2. The highest BCUT2D eigenvalue weighted by atomic mass is 32.2. The molecular weight excluding hydrogens is 502 g/mol. The quantitative estimate of drug-likeness (QED) is 0.313. The molecule has 198 valence electrons. The largest absolute Gasteiger partial charge is 0.376 e. The van der Waals surface area contributed by atoms with Gasteiger partial charge in [0.25, 0.3) is 5.91 Å². The van der Waals surface area contributed by atoms with E-state index in [1.54, 1.807) is 49.0 Å². The highest BCUT2D eigenvalue weighted by Crippen LogP contribution is 2.28. The Hall–Kier alpha value is -3.78. The van der Waals surface area contributed by atoms with E-state index in [1.165, 1.54) is 10.4 Å². The monoisotopic (exact) mass is 533 g/mol. The van der Waals surface area contributed by atoms with Gasteiger partial charge in [0.05, 0.1) is 16.7 Å². The molecule has 1 aromatic heterocycles. The van der Waals surface area contributed by atoms with Crippen LogP contribution in [0.5, 0.6) is 0 Å². The number of hydrogen-bond donors (Lipinski definition) is 1. The van der Waals surface area contributed by atoms with Crippen LogP contribution in [0.4, 0.5) is 0 Å². The Morgan fingerprint density at radius 1 is 1.21 bits per heavy atom. The average Bonchev–Trinajstić information content (AvgIpc) is 3.62. The van der Waals surface area contributed by atoms with Crippen LogP contribution in [-0.4, -0.2) is 60.8 Å². The highest BCUT2D eigenvalue weighted by molar-refractivity contribution is 7.89. The van der Waals surface area contributed by atoms with Crippen LogP contribution in [0.15, 0.2) is 71.3 Å². The molecule has 1 N–H and O–H groups in total. The van der Waals surface area contributed by atoms with Gasteiger partial charge in [-0.2, -0.15) is 14.7 Å². The van der Waals surface area contributed by atoms with Crippen LogP contribution >= 0.6 is 0 Å². The summed E-state index contributed by atoms with van der Waals surface area (Å²) in [5.41, 5.74) is 2.21. The lowest BCUT2D eigenvalue weighted by atomic mass is 10.1. The minimum absolute atomic E-state index is 0.0502. The fraction of sp³-hybridized carbons (Fsp3) is 0.321. The fourth-order valence-corrected chi connectivity index (χ4v) is 5.86. The normalized spacial score (nSPS) is 15.9. The summed E-state index contributed by atoms with van der Waals surface area (Å²) in [7, 11) is -3.69. The Morgan fingerprint density at radius 3 is 2.63 bits per heavy atom. The van der Waals surface area contributed by atoms with Crippen molar-refractivity contribution >= 4 is 22.0 Å². The molecule has 9 nitrogen and oxygen atoms in total. The van der Waals surface area contributed by atoms with Gasteiger partial charge in [-0.05, 0) is 43.2 Å². The molecule has 2 aromatic carbocycles. The van der Waals surface area contributed by atoms with Crippen molar-refractivity contribution in [3.63, 3.8) is 0 Å². The van der Waals surface area contributed by atoms with Gasteiger partial charge in [-0.3, -0.25) is 4.79 Å². The molecule has 10 heteroatoms. The summed E-state index contributed by atoms with van der Waals surface area (Å²) in [6, 6.07) is 18.0. The second-order valence-electron chi connectivity index (χ2n) is 8.85. The van der Waals surface area contributed by atoms with Crippen molar-refractivity contribution in [3.8, 4) is 23.0 Å². The van der Waals surface area contributed by atoms with E-state index in [0.29, 0.717) is 43.1 Å². The van der Waals surface area contributed by atoms with Gasteiger partial charge < -0.3 is 10.1 Å². The third-order valence-corrected chi connectivity index (χ3v) is 8.44. The molecule has 0 spiro atoms. The number of para-hydroxylation sites is 1. The molecule has 3 aromatic rings. The molecule has 1 aliphatic rings. The summed E-state index contributed by atoms with van der Waals surface area (Å²) in [5, 5.41) is 17.3. The third-order valence-electron chi connectivity index (χ3n) is 6.39. The van der Waals surface area contributed by atoms with E-state index in [2.05, 4.69) is 5.32 Å². The fourth-order valence-electron chi connectivity index (χ4n) is 4.36. The van der Waals surface area contributed by atoms with Gasteiger partial charge in [0.1, 0.15) is 17.3 Å². The molecule has 1 atom stereocenters. The number of carbonyl (C=O) groups excluding carboxylic acids is 1. The third kappa shape index (κ3) is 6.02. The van der Waals surface area contributed by atoms with Gasteiger partial charge in [-0.15, -0.1) is 0 Å². The van der Waals surface area contributed by atoms with Crippen LogP contribution in [0.2, 0.25) is 0 Å². The Balaban J connectivity index is 1.75. The molecule has 2 heterocycles. The maximum atomic E-state index is 13.2. The Bertz CT molecular complexity index is 1450. The van der Waals surface area contributed by atoms with Crippen molar-refractivity contribution < 1.29 is 17.9 Å². The average molecular weight is 534 g/mol. The maximum Gasteiger partial charge on any atom is 0.262 e. The smallest absolute Gasteiger partial charge is 0.262 e. The lowest BCUT2D eigenvalue weighted by Gasteiger charge is -2.18. The Labute approximate surface area is 223 Å². The van der Waals surface area contributed by atoms with Gasteiger partial charge in [-0.25, -0.2) is 13.1 Å². The molecule has 0 radical (unpaired) electrons. The second kappa shape index (κ2) is 12.2. The SMILES string of the molecule is CCN(CC)S(=O)(=O)c1cccc(-c2nn(-c3ccccc3)cc2/C=C(\C#N)C(=O)NCC2CCCO2)c1. The number of nitrogens with one attached hydrogen (secondary N) is 1. The molecule has 1 aliphatic heterocycles. The number of ether oxygens (including phenoxy) is 1. The van der Waals surface area contributed by atoms with Crippen LogP contribution in [0.1, 0.15) is 32.3 Å². The molecule has 0 saturated carbocycles. The molecule has 1 fully saturated rings. The maximum absolute atomic E-state index is 13.2. The summed E-state index contributed by atoms with van der Waals surface area (Å²) in [6.07, 6.45) is 4.98. The lowest BCUT2D eigenvalue weighted by Crippen LogP contribution is -2.32. The predicted octanol–water partition coefficient (Wildman–Crippen LogP) is 3.77. The van der Waals surface area contributed by atoms with E-state index in [1.807, 2.05) is 36.4 Å². The molecule has 1 unspecified atom stereocenters. The summed E-state index contributed by atoms with van der Waals surface area (Å²) < 4.78 is 34.9. The number of carbonyl (C=O) groups is 1. The van der Waals surface area contributed by atoms with Crippen molar-refractivity contribution in [2.24, 2.45) is 0 Å². The Morgan fingerprint density at radius 2 is 1.97 bits per heavy atom. The van der Waals surface area contributed by atoms with Crippen molar-refractivity contribution in [1.82, 2.24) is 19.4 Å². The van der Waals surface area contributed by atoms with E-state index in [0.717, 1.165) is 18.5 Å². The summed E-state index contributed by atoms with van der Waals surface area (Å²) in [5.74, 6) is -0.501. The van der Waals surface area contributed by atoms with E-state index < -0.39 is 15.9 Å². The number of hydrogen-bond acceptors (Lipinski definition) is 6. The first-order chi connectivity index (χ1) is 18.4. The highest BCUT2D eigenvalue weighted by Gasteiger charge is 2.23. The van der Waals surface area contributed by atoms with Gasteiger partial charge in [-0.1, -0.05) is 44.2 Å². The first kappa shape index (κ1) is 27.3.